The molecule has 2 aromatic carbocycles. The Labute approximate surface area is 280 Å². The molecule has 0 atom stereocenters. The van der Waals surface area contributed by atoms with Crippen LogP contribution in [0.5, 0.6) is 0 Å². The lowest BCUT2D eigenvalue weighted by Gasteiger charge is -2.21. The molecule has 10 nitrogen and oxygen atoms in total. The summed E-state index contributed by atoms with van der Waals surface area (Å²) in [4.78, 5) is 22.3. The minimum Gasteiger partial charge on any atom is -0.364 e. The number of aromatic nitrogens is 4. The Morgan fingerprint density at radius 3 is 2.47 bits per heavy atom. The molecule has 248 valence electrons. The zero-order chi connectivity index (χ0) is 34.1. The highest BCUT2D eigenvalue weighted by atomic mass is 19.4. The quantitative estimate of drug-likeness (QED) is 0.228. The molecule has 1 spiro atoms. The molecule has 2 aliphatic heterocycles. The maximum atomic E-state index is 14.6. The number of pyridine rings is 1. The van der Waals surface area contributed by atoms with Crippen LogP contribution in [-0.4, -0.2) is 49.2 Å². The minimum atomic E-state index is -4.65. The highest BCUT2D eigenvalue weighted by molar-refractivity contribution is 6.10. The second kappa shape index (κ2) is 11.1. The van der Waals surface area contributed by atoms with Crippen molar-refractivity contribution in [1.82, 2.24) is 24.6 Å². The fraction of sp³-hybridized carbons (Fsp3) is 0.389. The molecule has 13 heteroatoms. The minimum absolute atomic E-state index is 0.0289. The Hall–Kier alpha value is -5.27. The summed E-state index contributed by atoms with van der Waals surface area (Å²) in [6.45, 7) is 1.76. The summed E-state index contributed by atoms with van der Waals surface area (Å²) in [5.74, 6) is 0.504. The zero-order valence-electron chi connectivity index (χ0n) is 26.8. The molecule has 1 amide bonds. The van der Waals surface area contributed by atoms with Crippen LogP contribution in [-0.2, 0) is 26.3 Å². The van der Waals surface area contributed by atoms with Crippen LogP contribution in [0.3, 0.4) is 0 Å². The molecule has 1 N–H and O–H groups in total. The molecule has 3 fully saturated rings. The lowest BCUT2D eigenvalue weighted by atomic mass is 9.97. The second-order valence-electron chi connectivity index (χ2n) is 14.0. The number of benzene rings is 2. The Balaban J connectivity index is 1.22. The van der Waals surface area contributed by atoms with Gasteiger partial charge in [0.2, 0.25) is 0 Å². The molecule has 2 aromatic heterocycles. The van der Waals surface area contributed by atoms with Crippen molar-refractivity contribution in [1.29, 1.82) is 10.5 Å². The third kappa shape index (κ3) is 5.68. The number of alkyl halides is 3. The lowest BCUT2D eigenvalue weighted by molar-refractivity contribution is -0.138. The zero-order valence-corrected chi connectivity index (χ0v) is 26.8. The molecule has 2 saturated carbocycles. The first-order valence-electron chi connectivity index (χ1n) is 16.3. The Morgan fingerprint density at radius 1 is 1.00 bits per heavy atom. The van der Waals surface area contributed by atoms with Gasteiger partial charge >= 0.3 is 6.18 Å². The van der Waals surface area contributed by atoms with Crippen LogP contribution in [0.25, 0.3) is 22.5 Å². The number of carbonyl (C=O) groups excluding carboxylic acids is 1. The van der Waals surface area contributed by atoms with Gasteiger partial charge in [-0.05, 0) is 109 Å². The number of carbonyl (C=O) groups is 1. The number of nitrogens with one attached hydrogen (secondary N) is 1. The van der Waals surface area contributed by atoms with E-state index in [0.29, 0.717) is 51.4 Å². The van der Waals surface area contributed by atoms with Crippen molar-refractivity contribution in [3.8, 4) is 34.7 Å². The molecule has 2 aliphatic carbocycles. The van der Waals surface area contributed by atoms with Gasteiger partial charge < -0.3 is 9.88 Å². The van der Waals surface area contributed by atoms with Crippen LogP contribution in [0.2, 0.25) is 0 Å². The third-order valence-electron chi connectivity index (χ3n) is 10.5. The number of fused-ring (bicyclic) bond motifs is 1. The smallest absolute Gasteiger partial charge is 0.364 e. The fourth-order valence-corrected chi connectivity index (χ4v) is 7.37. The summed E-state index contributed by atoms with van der Waals surface area (Å²) in [5.41, 5.74) is 1.68. The number of likely N-dealkylation sites (tertiary alicyclic amines) is 1. The topological polar surface area (TPSA) is 127 Å². The molecule has 4 aromatic rings. The van der Waals surface area contributed by atoms with Crippen molar-refractivity contribution in [3.05, 3.63) is 76.6 Å². The van der Waals surface area contributed by atoms with E-state index in [1.165, 1.54) is 11.0 Å². The van der Waals surface area contributed by atoms with Crippen LogP contribution in [0.15, 0.2) is 48.8 Å². The van der Waals surface area contributed by atoms with Crippen molar-refractivity contribution in [2.45, 2.75) is 63.3 Å². The first kappa shape index (κ1) is 31.0. The van der Waals surface area contributed by atoms with Crippen LogP contribution in [0, 0.1) is 28.1 Å². The van der Waals surface area contributed by atoms with Gasteiger partial charge in [0.1, 0.15) is 18.0 Å². The van der Waals surface area contributed by atoms with Gasteiger partial charge in [0, 0.05) is 31.3 Å². The van der Waals surface area contributed by atoms with E-state index in [1.807, 2.05) is 0 Å². The number of aryl methyl sites for hydroxylation is 1. The summed E-state index contributed by atoms with van der Waals surface area (Å²) in [6, 6.07) is 15.8. The van der Waals surface area contributed by atoms with Gasteiger partial charge in [-0.2, -0.15) is 23.7 Å². The normalized spacial score (nSPS) is 18.7. The Morgan fingerprint density at radius 2 is 1.82 bits per heavy atom. The number of nitrogens with zero attached hydrogens (tertiary/aromatic N) is 8. The number of rotatable bonds is 8. The highest BCUT2D eigenvalue weighted by Gasteiger charge is 2.48. The second-order valence-corrected chi connectivity index (χ2v) is 14.0. The van der Waals surface area contributed by atoms with E-state index in [9.17, 15) is 28.5 Å². The van der Waals surface area contributed by atoms with E-state index in [0.717, 1.165) is 45.2 Å². The molecule has 8 rings (SSSR count). The molecule has 1 saturated heterocycles. The molecule has 4 heterocycles. The summed E-state index contributed by atoms with van der Waals surface area (Å²) < 4.78 is 45.5. The van der Waals surface area contributed by atoms with E-state index in [1.54, 1.807) is 54.3 Å². The van der Waals surface area contributed by atoms with E-state index in [4.69, 9.17) is 4.98 Å². The van der Waals surface area contributed by atoms with Gasteiger partial charge in [0.15, 0.2) is 5.82 Å². The Kier molecular flexibility index (Phi) is 7.05. The van der Waals surface area contributed by atoms with Crippen molar-refractivity contribution in [3.63, 3.8) is 0 Å². The van der Waals surface area contributed by atoms with Crippen LogP contribution in [0.1, 0.15) is 71.1 Å². The summed E-state index contributed by atoms with van der Waals surface area (Å²) in [6.07, 6.45) is 2.03. The third-order valence-corrected chi connectivity index (χ3v) is 10.5. The highest BCUT2D eigenvalue weighted by Crippen LogP contribution is 2.53. The van der Waals surface area contributed by atoms with E-state index < -0.39 is 23.2 Å². The number of hydrogen-bond donors (Lipinski definition) is 1. The number of halogens is 3. The van der Waals surface area contributed by atoms with E-state index in [-0.39, 0.29) is 29.9 Å². The van der Waals surface area contributed by atoms with Gasteiger partial charge in [-0.1, -0.05) is 0 Å². The van der Waals surface area contributed by atoms with Crippen LogP contribution >= 0.6 is 0 Å². The predicted octanol–water partition coefficient (Wildman–Crippen LogP) is 6.44. The van der Waals surface area contributed by atoms with Gasteiger partial charge in [0.05, 0.1) is 41.8 Å². The van der Waals surface area contributed by atoms with Crippen molar-refractivity contribution < 1.29 is 18.0 Å². The maximum absolute atomic E-state index is 14.6. The number of anilines is 2. The number of nitriles is 2. The standard InChI is InChI=1S/C36H32F3N9O/c1-46-21-42-45-32(46)25-3-2-22(17-41)12-26(25)24-15-30(44-35(6-7-35)8-10-40)43-31(16-24)48-19-28-27(33(48)49)13-23(14-29(28)36(37,38)39)18-47-11-9-34(20-47)4-5-34/h2-3,12-16,21H,4-9,11,18-20H2,1H3,(H,43,44). The first-order valence-corrected chi connectivity index (χ1v) is 16.3. The van der Waals surface area contributed by atoms with Crippen LogP contribution < -0.4 is 10.2 Å². The average molecular weight is 664 g/mol. The lowest BCUT2D eigenvalue weighted by Crippen LogP contribution is -2.26. The average Bonchev–Trinajstić information content (AvgIpc) is 3.87. The Bertz CT molecular complexity index is 2100. The van der Waals surface area contributed by atoms with Crippen molar-refractivity contribution in [2.75, 3.05) is 23.3 Å². The van der Waals surface area contributed by atoms with Crippen molar-refractivity contribution in [2.24, 2.45) is 12.5 Å². The monoisotopic (exact) mass is 663 g/mol. The molecule has 0 unspecified atom stereocenters. The number of amides is 1. The largest absolute Gasteiger partial charge is 0.416 e. The summed E-state index contributed by atoms with van der Waals surface area (Å²) >= 11 is 0. The summed E-state index contributed by atoms with van der Waals surface area (Å²) in [5, 5.41) is 30.9. The van der Waals surface area contributed by atoms with E-state index in [2.05, 4.69) is 32.6 Å². The van der Waals surface area contributed by atoms with E-state index >= 15 is 0 Å². The SMILES string of the molecule is Cn1cnnc1-c1ccc(C#N)cc1-c1cc(NC2(CC#N)CC2)nc(N2Cc3c(cc(CN4CCC5(CC5)C4)cc3C(F)(F)F)C2=O)c1. The maximum Gasteiger partial charge on any atom is 0.416 e. The molecule has 49 heavy (non-hydrogen) atoms. The molecule has 0 radical (unpaired) electrons. The molecule has 4 aliphatic rings. The first-order chi connectivity index (χ1) is 23.5. The molecular formula is C36H32F3N9O. The van der Waals surface area contributed by atoms with Crippen LogP contribution in [0.4, 0.5) is 24.8 Å². The molecule has 0 bridgehead atoms. The van der Waals surface area contributed by atoms with Gasteiger partial charge in [-0.15, -0.1) is 10.2 Å². The van der Waals surface area contributed by atoms with Crippen molar-refractivity contribution >= 4 is 17.5 Å². The van der Waals surface area contributed by atoms with Gasteiger partial charge in [0.25, 0.3) is 5.91 Å². The van der Waals surface area contributed by atoms with Gasteiger partial charge in [-0.3, -0.25) is 14.6 Å². The molecular weight excluding hydrogens is 631 g/mol. The fourth-order valence-electron chi connectivity index (χ4n) is 7.37. The summed E-state index contributed by atoms with van der Waals surface area (Å²) in [7, 11) is 1.79. The predicted molar refractivity (Wildman–Crippen MR) is 174 cm³/mol. The van der Waals surface area contributed by atoms with Gasteiger partial charge in [-0.25, -0.2) is 4.98 Å². The number of hydrogen-bond acceptors (Lipinski definition) is 8.